The highest BCUT2D eigenvalue weighted by molar-refractivity contribution is 5.98. The number of fused-ring (bicyclic) bond motifs is 1. The van der Waals surface area contributed by atoms with E-state index in [1.165, 1.54) is 0 Å². The van der Waals surface area contributed by atoms with Crippen molar-refractivity contribution in [3.63, 3.8) is 0 Å². The van der Waals surface area contributed by atoms with E-state index in [1.807, 2.05) is 26.8 Å². The fraction of sp³-hybridized carbons (Fsp3) is 0.571. The maximum Gasteiger partial charge on any atom is 0.321 e. The number of urea groups is 1. The van der Waals surface area contributed by atoms with E-state index in [0.29, 0.717) is 24.2 Å². The number of benzene rings is 1. The first-order valence-corrected chi connectivity index (χ1v) is 9.83. The Hall–Kier alpha value is -2.57. The second-order valence-corrected chi connectivity index (χ2v) is 8.40. The first-order chi connectivity index (χ1) is 13.2. The molecule has 28 heavy (non-hydrogen) atoms. The number of carboxylic acid groups (broad SMARTS) is 1. The molecule has 1 saturated heterocycles. The lowest BCUT2D eigenvalue weighted by Gasteiger charge is -2.24. The molecule has 7 nitrogen and oxygen atoms in total. The molecule has 1 aliphatic carbocycles. The number of carboxylic acids is 1. The van der Waals surface area contributed by atoms with Gasteiger partial charge in [0.25, 0.3) is 5.91 Å². The SMILES string of the molecule is Cc1ccc(NC(=O)N2C[C@@H]3CCC[C@@]3(C(=O)O)C2)cc1C(=O)N(C)C(C)C. The fourth-order valence-corrected chi connectivity index (χ4v) is 4.35. The number of rotatable bonds is 4. The third-order valence-corrected chi connectivity index (χ3v) is 6.40. The minimum atomic E-state index is -0.801. The molecule has 2 fully saturated rings. The molecular weight excluding hydrogens is 358 g/mol. The molecule has 2 N–H and O–H groups in total. The number of nitrogens with one attached hydrogen (secondary N) is 1. The van der Waals surface area contributed by atoms with Crippen molar-refractivity contribution in [2.24, 2.45) is 11.3 Å². The number of anilines is 1. The zero-order valence-electron chi connectivity index (χ0n) is 17.0. The van der Waals surface area contributed by atoms with Crippen molar-refractivity contribution in [3.8, 4) is 0 Å². The number of aliphatic carboxylic acids is 1. The van der Waals surface area contributed by atoms with Crippen LogP contribution in [0.2, 0.25) is 0 Å². The molecule has 152 valence electrons. The predicted octanol–water partition coefficient (Wildman–Crippen LogP) is 3.19. The number of hydrogen-bond donors (Lipinski definition) is 2. The Kier molecular flexibility index (Phi) is 5.37. The van der Waals surface area contributed by atoms with Crippen LogP contribution in [0.1, 0.15) is 49.0 Å². The number of likely N-dealkylation sites (tertiary alicyclic amines) is 1. The van der Waals surface area contributed by atoms with Crippen molar-refractivity contribution in [1.29, 1.82) is 0 Å². The van der Waals surface area contributed by atoms with Crippen LogP contribution in [0.15, 0.2) is 18.2 Å². The Labute approximate surface area is 165 Å². The third-order valence-electron chi connectivity index (χ3n) is 6.40. The lowest BCUT2D eigenvalue weighted by Crippen LogP contribution is -2.38. The van der Waals surface area contributed by atoms with Crippen LogP contribution >= 0.6 is 0 Å². The van der Waals surface area contributed by atoms with Gasteiger partial charge in [0.1, 0.15) is 0 Å². The van der Waals surface area contributed by atoms with E-state index in [1.54, 1.807) is 29.0 Å². The lowest BCUT2D eigenvalue weighted by molar-refractivity contribution is -0.149. The molecule has 0 aromatic heterocycles. The van der Waals surface area contributed by atoms with E-state index in [9.17, 15) is 19.5 Å². The van der Waals surface area contributed by atoms with Crippen molar-refractivity contribution in [2.75, 3.05) is 25.5 Å². The van der Waals surface area contributed by atoms with Crippen LogP contribution in [0, 0.1) is 18.3 Å². The van der Waals surface area contributed by atoms with E-state index in [-0.39, 0.29) is 30.4 Å². The van der Waals surface area contributed by atoms with Crippen LogP contribution in [-0.4, -0.2) is 59.0 Å². The Morgan fingerprint density at radius 2 is 2.04 bits per heavy atom. The van der Waals surface area contributed by atoms with Gasteiger partial charge in [-0.05, 0) is 57.2 Å². The van der Waals surface area contributed by atoms with Crippen LogP contribution in [0.25, 0.3) is 0 Å². The summed E-state index contributed by atoms with van der Waals surface area (Å²) in [6.45, 7) is 6.46. The third kappa shape index (κ3) is 3.45. The van der Waals surface area contributed by atoms with Crippen LogP contribution in [0.5, 0.6) is 0 Å². The summed E-state index contributed by atoms with van der Waals surface area (Å²) in [5.74, 6) is -0.875. The van der Waals surface area contributed by atoms with E-state index < -0.39 is 11.4 Å². The van der Waals surface area contributed by atoms with Crippen LogP contribution in [0.3, 0.4) is 0 Å². The number of carbonyl (C=O) groups excluding carboxylic acids is 2. The molecule has 0 spiro atoms. The maximum atomic E-state index is 12.7. The van der Waals surface area contributed by atoms with Gasteiger partial charge in [-0.25, -0.2) is 4.79 Å². The molecule has 1 saturated carbocycles. The van der Waals surface area contributed by atoms with Gasteiger partial charge in [0.15, 0.2) is 0 Å². The molecule has 0 radical (unpaired) electrons. The van der Waals surface area contributed by atoms with Crippen molar-refractivity contribution >= 4 is 23.6 Å². The van der Waals surface area contributed by atoms with Gasteiger partial charge in [0, 0.05) is 37.4 Å². The molecule has 0 unspecified atom stereocenters. The Morgan fingerprint density at radius 3 is 2.64 bits per heavy atom. The first kappa shape index (κ1) is 20.2. The number of aryl methyl sites for hydroxylation is 1. The van der Waals surface area contributed by atoms with Crippen molar-refractivity contribution in [2.45, 2.75) is 46.1 Å². The zero-order valence-corrected chi connectivity index (χ0v) is 17.0. The van der Waals surface area contributed by atoms with Gasteiger partial charge in [0.05, 0.1) is 5.41 Å². The maximum absolute atomic E-state index is 12.7. The van der Waals surface area contributed by atoms with Gasteiger partial charge in [0.2, 0.25) is 0 Å². The van der Waals surface area contributed by atoms with Gasteiger partial charge in [-0.2, -0.15) is 0 Å². The van der Waals surface area contributed by atoms with Crippen LogP contribution in [-0.2, 0) is 4.79 Å². The molecule has 1 aromatic rings. The molecule has 0 bridgehead atoms. The molecule has 1 heterocycles. The highest BCUT2D eigenvalue weighted by atomic mass is 16.4. The number of hydrogen-bond acceptors (Lipinski definition) is 3. The van der Waals surface area contributed by atoms with Crippen LogP contribution < -0.4 is 5.32 Å². The van der Waals surface area contributed by atoms with Crippen molar-refractivity contribution < 1.29 is 19.5 Å². The highest BCUT2D eigenvalue weighted by Crippen LogP contribution is 2.48. The summed E-state index contributed by atoms with van der Waals surface area (Å²) < 4.78 is 0. The van der Waals surface area contributed by atoms with Gasteiger partial charge in [-0.15, -0.1) is 0 Å². The van der Waals surface area contributed by atoms with Gasteiger partial charge in [-0.3, -0.25) is 9.59 Å². The molecular formula is C21H29N3O4. The van der Waals surface area contributed by atoms with E-state index >= 15 is 0 Å². The Bertz CT molecular complexity index is 807. The molecule has 2 atom stereocenters. The normalized spacial score (nSPS) is 23.6. The average Bonchev–Trinajstić information content (AvgIpc) is 3.20. The molecule has 3 rings (SSSR count). The average molecular weight is 387 g/mol. The van der Waals surface area contributed by atoms with Gasteiger partial charge >= 0.3 is 12.0 Å². The predicted molar refractivity (Wildman–Crippen MR) is 106 cm³/mol. The number of nitrogens with zero attached hydrogens (tertiary/aromatic N) is 2. The summed E-state index contributed by atoms with van der Waals surface area (Å²) in [6.07, 6.45) is 2.38. The highest BCUT2D eigenvalue weighted by Gasteiger charge is 2.55. The lowest BCUT2D eigenvalue weighted by atomic mass is 9.81. The summed E-state index contributed by atoms with van der Waals surface area (Å²) in [6, 6.07) is 5.03. The molecule has 1 aliphatic heterocycles. The fourth-order valence-electron chi connectivity index (χ4n) is 4.35. The summed E-state index contributed by atoms with van der Waals surface area (Å²) in [7, 11) is 1.76. The zero-order chi connectivity index (χ0) is 20.6. The molecule has 2 aliphatic rings. The summed E-state index contributed by atoms with van der Waals surface area (Å²) >= 11 is 0. The van der Waals surface area contributed by atoms with Gasteiger partial charge in [-0.1, -0.05) is 12.5 Å². The Balaban J connectivity index is 1.74. The number of amides is 3. The van der Waals surface area contributed by atoms with E-state index in [2.05, 4.69) is 5.32 Å². The van der Waals surface area contributed by atoms with Crippen molar-refractivity contribution in [3.05, 3.63) is 29.3 Å². The second-order valence-electron chi connectivity index (χ2n) is 8.40. The summed E-state index contributed by atoms with van der Waals surface area (Å²) in [5, 5.41) is 12.5. The topological polar surface area (TPSA) is 90.0 Å². The monoisotopic (exact) mass is 387 g/mol. The molecule has 7 heteroatoms. The van der Waals surface area contributed by atoms with Crippen LogP contribution in [0.4, 0.5) is 10.5 Å². The Morgan fingerprint density at radius 1 is 1.32 bits per heavy atom. The number of carbonyl (C=O) groups is 3. The summed E-state index contributed by atoms with van der Waals surface area (Å²) in [4.78, 5) is 40.5. The second kappa shape index (κ2) is 7.45. The minimum absolute atomic E-state index is 0.0191. The van der Waals surface area contributed by atoms with Crippen molar-refractivity contribution in [1.82, 2.24) is 9.80 Å². The van der Waals surface area contributed by atoms with Gasteiger partial charge < -0.3 is 20.2 Å². The quantitative estimate of drug-likeness (QED) is 0.830. The van der Waals surface area contributed by atoms with E-state index in [4.69, 9.17) is 0 Å². The minimum Gasteiger partial charge on any atom is -0.481 e. The standard InChI is InChI=1S/C21H29N3O4/c1-13(2)23(4)18(25)17-10-16(8-7-14(17)3)22-20(28)24-11-15-6-5-9-21(15,12-24)19(26)27/h7-8,10,13,15H,5-6,9,11-12H2,1-4H3,(H,22,28)(H,26,27)/t15-,21+/m0/s1. The van der Waals surface area contributed by atoms with E-state index in [0.717, 1.165) is 18.4 Å². The smallest absolute Gasteiger partial charge is 0.321 e. The first-order valence-electron chi connectivity index (χ1n) is 9.83. The summed E-state index contributed by atoms with van der Waals surface area (Å²) in [5.41, 5.74) is 1.13. The molecule has 1 aromatic carbocycles. The largest absolute Gasteiger partial charge is 0.481 e. The molecule has 3 amide bonds.